The van der Waals surface area contributed by atoms with Crippen molar-refractivity contribution < 1.29 is 0 Å². The van der Waals surface area contributed by atoms with Crippen molar-refractivity contribution in [3.05, 3.63) is 38.8 Å². The highest BCUT2D eigenvalue weighted by Gasteiger charge is 2.22. The summed E-state index contributed by atoms with van der Waals surface area (Å²) >= 11 is 7.69. The van der Waals surface area contributed by atoms with Gasteiger partial charge >= 0.3 is 0 Å². The molecule has 0 unspecified atom stereocenters. The van der Waals surface area contributed by atoms with Crippen LogP contribution in [-0.2, 0) is 0 Å². The van der Waals surface area contributed by atoms with Gasteiger partial charge in [-0.05, 0) is 38.0 Å². The maximum Gasteiger partial charge on any atom is 0.211 e. The lowest BCUT2D eigenvalue weighted by atomic mass is 9.94. The highest BCUT2D eigenvalue weighted by molar-refractivity contribution is 7.16. The van der Waals surface area contributed by atoms with Crippen LogP contribution in [0, 0.1) is 0 Å². The molecule has 1 saturated carbocycles. The molecular formula is C17H20ClNOS. The average Bonchev–Trinajstić information content (AvgIpc) is 2.52. The van der Waals surface area contributed by atoms with Crippen LogP contribution in [0.1, 0.15) is 39.0 Å². The maximum absolute atomic E-state index is 12.8. The standard InChI is InChI=1S/C17H20ClNOS/c1-2-19(13-6-4-3-5-7-13)15-11-21-16-9-8-12(18)10-14(16)17(15)20/h8-11,13H,2-7H2,1H3. The number of hydrogen-bond donors (Lipinski definition) is 0. The Morgan fingerprint density at radius 1 is 1.29 bits per heavy atom. The Hall–Kier alpha value is -1.06. The molecule has 21 heavy (non-hydrogen) atoms. The topological polar surface area (TPSA) is 20.3 Å². The summed E-state index contributed by atoms with van der Waals surface area (Å²) < 4.78 is 1.01. The van der Waals surface area contributed by atoms with E-state index in [-0.39, 0.29) is 5.43 Å². The molecule has 0 atom stereocenters. The van der Waals surface area contributed by atoms with Crippen molar-refractivity contribution in [1.82, 2.24) is 0 Å². The lowest BCUT2D eigenvalue weighted by Crippen LogP contribution is -2.39. The zero-order chi connectivity index (χ0) is 14.8. The Morgan fingerprint density at radius 2 is 2.05 bits per heavy atom. The molecular weight excluding hydrogens is 302 g/mol. The summed E-state index contributed by atoms with van der Waals surface area (Å²) in [7, 11) is 0. The van der Waals surface area contributed by atoms with E-state index in [1.165, 1.54) is 32.1 Å². The maximum atomic E-state index is 12.8. The Morgan fingerprint density at radius 3 is 2.76 bits per heavy atom. The molecule has 1 fully saturated rings. The zero-order valence-corrected chi connectivity index (χ0v) is 13.8. The molecule has 0 amide bonds. The van der Waals surface area contributed by atoms with Gasteiger partial charge in [0.25, 0.3) is 0 Å². The van der Waals surface area contributed by atoms with Crippen molar-refractivity contribution in [2.24, 2.45) is 0 Å². The molecule has 1 heterocycles. The molecule has 2 aromatic rings. The second kappa shape index (κ2) is 6.37. The molecule has 1 aromatic carbocycles. The van der Waals surface area contributed by atoms with Crippen LogP contribution in [0.5, 0.6) is 0 Å². The van der Waals surface area contributed by atoms with E-state index in [0.717, 1.165) is 22.3 Å². The molecule has 4 heteroatoms. The first kappa shape index (κ1) is 14.9. The van der Waals surface area contributed by atoms with E-state index in [9.17, 15) is 4.79 Å². The molecule has 0 aliphatic heterocycles. The van der Waals surface area contributed by atoms with Crippen molar-refractivity contribution in [2.75, 3.05) is 11.4 Å². The van der Waals surface area contributed by atoms with Crippen LogP contribution in [0.15, 0.2) is 28.4 Å². The predicted molar refractivity (Wildman–Crippen MR) is 93.0 cm³/mol. The van der Waals surface area contributed by atoms with Crippen molar-refractivity contribution in [3.63, 3.8) is 0 Å². The molecule has 1 aliphatic rings. The van der Waals surface area contributed by atoms with Crippen LogP contribution in [0.3, 0.4) is 0 Å². The van der Waals surface area contributed by atoms with Crippen LogP contribution in [0.25, 0.3) is 10.1 Å². The van der Waals surface area contributed by atoms with Gasteiger partial charge in [0.15, 0.2) is 0 Å². The van der Waals surface area contributed by atoms with Crippen LogP contribution < -0.4 is 10.3 Å². The molecule has 1 aliphatic carbocycles. The van der Waals surface area contributed by atoms with Crippen molar-refractivity contribution in [2.45, 2.75) is 45.1 Å². The van der Waals surface area contributed by atoms with Crippen LogP contribution >= 0.6 is 22.9 Å². The second-order valence-electron chi connectivity index (χ2n) is 5.67. The Labute approximate surface area is 134 Å². The third kappa shape index (κ3) is 2.95. The zero-order valence-electron chi connectivity index (χ0n) is 12.3. The third-order valence-electron chi connectivity index (χ3n) is 4.38. The largest absolute Gasteiger partial charge is 0.365 e. The summed E-state index contributed by atoms with van der Waals surface area (Å²) in [5.74, 6) is 0. The summed E-state index contributed by atoms with van der Waals surface area (Å²) in [6.45, 7) is 3.03. The van der Waals surface area contributed by atoms with Gasteiger partial charge in [0, 0.05) is 33.1 Å². The van der Waals surface area contributed by atoms with Gasteiger partial charge in [0.05, 0.1) is 5.69 Å². The van der Waals surface area contributed by atoms with Crippen LogP contribution in [0.4, 0.5) is 5.69 Å². The minimum Gasteiger partial charge on any atom is -0.365 e. The van der Waals surface area contributed by atoms with E-state index in [1.807, 2.05) is 17.5 Å². The number of nitrogens with zero attached hydrogens (tertiary/aromatic N) is 1. The Bertz CT molecular complexity index is 691. The van der Waals surface area contributed by atoms with Crippen molar-refractivity contribution in [1.29, 1.82) is 0 Å². The molecule has 0 radical (unpaired) electrons. The molecule has 3 rings (SSSR count). The lowest BCUT2D eigenvalue weighted by molar-refractivity contribution is 0.418. The molecule has 112 valence electrons. The Kier molecular flexibility index (Phi) is 4.51. The van der Waals surface area contributed by atoms with Gasteiger partial charge in [-0.1, -0.05) is 30.9 Å². The normalized spacial score (nSPS) is 16.3. The molecule has 0 N–H and O–H groups in total. The number of rotatable bonds is 3. The predicted octanol–water partition coefficient (Wildman–Crippen LogP) is 5.07. The summed E-state index contributed by atoms with van der Waals surface area (Å²) in [5.41, 5.74) is 0.975. The fourth-order valence-electron chi connectivity index (χ4n) is 3.31. The smallest absolute Gasteiger partial charge is 0.211 e. The highest BCUT2D eigenvalue weighted by atomic mass is 35.5. The monoisotopic (exact) mass is 321 g/mol. The highest BCUT2D eigenvalue weighted by Crippen LogP contribution is 2.29. The quantitative estimate of drug-likeness (QED) is 0.786. The van der Waals surface area contributed by atoms with Gasteiger partial charge in [-0.2, -0.15) is 0 Å². The van der Waals surface area contributed by atoms with Gasteiger partial charge in [-0.3, -0.25) is 4.79 Å². The van der Waals surface area contributed by atoms with E-state index >= 15 is 0 Å². The third-order valence-corrected chi connectivity index (χ3v) is 5.57. The summed E-state index contributed by atoms with van der Waals surface area (Å²) in [5, 5.41) is 3.40. The molecule has 2 nitrogen and oxygen atoms in total. The number of fused-ring (bicyclic) bond motifs is 1. The molecule has 1 aromatic heterocycles. The minimum atomic E-state index is 0.124. The number of halogens is 1. The molecule has 0 bridgehead atoms. The van der Waals surface area contributed by atoms with E-state index < -0.39 is 0 Å². The van der Waals surface area contributed by atoms with E-state index in [2.05, 4.69) is 11.8 Å². The van der Waals surface area contributed by atoms with Gasteiger partial charge < -0.3 is 4.90 Å². The van der Waals surface area contributed by atoms with Gasteiger partial charge in [-0.15, -0.1) is 11.3 Å². The van der Waals surface area contributed by atoms with Gasteiger partial charge in [0.1, 0.15) is 0 Å². The molecule has 0 spiro atoms. The van der Waals surface area contributed by atoms with Crippen molar-refractivity contribution >= 4 is 38.7 Å². The van der Waals surface area contributed by atoms with Crippen LogP contribution in [-0.4, -0.2) is 12.6 Å². The summed E-state index contributed by atoms with van der Waals surface area (Å²) in [6.07, 6.45) is 6.28. The number of hydrogen-bond acceptors (Lipinski definition) is 3. The first-order valence-corrected chi connectivity index (χ1v) is 8.94. The average molecular weight is 322 g/mol. The van der Waals surface area contributed by atoms with E-state index in [1.54, 1.807) is 17.4 Å². The first-order valence-electron chi connectivity index (χ1n) is 7.68. The minimum absolute atomic E-state index is 0.124. The van der Waals surface area contributed by atoms with Crippen LogP contribution in [0.2, 0.25) is 5.02 Å². The van der Waals surface area contributed by atoms with Gasteiger partial charge in [-0.25, -0.2) is 0 Å². The fraction of sp³-hybridized carbons (Fsp3) is 0.471. The van der Waals surface area contributed by atoms with E-state index in [0.29, 0.717) is 11.1 Å². The number of benzene rings is 1. The van der Waals surface area contributed by atoms with E-state index in [4.69, 9.17) is 11.6 Å². The van der Waals surface area contributed by atoms with Gasteiger partial charge in [0.2, 0.25) is 5.43 Å². The summed E-state index contributed by atoms with van der Waals surface area (Å²) in [4.78, 5) is 15.1. The number of anilines is 1. The molecule has 0 saturated heterocycles. The first-order chi connectivity index (χ1) is 10.2. The SMILES string of the molecule is CCN(c1csc2ccc(Cl)cc2c1=O)C1CCCCC1. The summed E-state index contributed by atoms with van der Waals surface area (Å²) in [6, 6.07) is 6.09. The van der Waals surface area contributed by atoms with Crippen molar-refractivity contribution in [3.8, 4) is 0 Å². The Balaban J connectivity index is 2.05. The lowest BCUT2D eigenvalue weighted by Gasteiger charge is -2.34. The fourth-order valence-corrected chi connectivity index (χ4v) is 4.39. The second-order valence-corrected chi connectivity index (χ2v) is 7.02.